The molecular weight excluding hydrogens is 345 g/mol. The maximum Gasteiger partial charge on any atom is 0.423 e. The van der Waals surface area contributed by atoms with Crippen LogP contribution in [0.3, 0.4) is 0 Å². The van der Waals surface area contributed by atoms with E-state index in [9.17, 15) is 18.0 Å². The number of unbranched alkanes of at least 4 members (excludes halogenated alkanes) is 3. The van der Waals surface area contributed by atoms with Gasteiger partial charge in [-0.05, 0) is 42.4 Å². The molecule has 0 aromatic rings. The summed E-state index contributed by atoms with van der Waals surface area (Å²) in [5, 5.41) is 0. The van der Waals surface area contributed by atoms with Gasteiger partial charge in [0.25, 0.3) is 0 Å². The van der Waals surface area contributed by atoms with Gasteiger partial charge in [0.2, 0.25) is 0 Å². The normalized spacial score (nSPS) is 17.3. The lowest BCUT2D eigenvalue weighted by atomic mass is 9.97. The predicted molar refractivity (Wildman–Crippen MR) is 98.1 cm³/mol. The number of ketones is 1. The highest BCUT2D eigenvalue weighted by atomic mass is 28.4. The van der Waals surface area contributed by atoms with Crippen molar-refractivity contribution in [3.63, 3.8) is 0 Å². The van der Waals surface area contributed by atoms with E-state index >= 15 is 0 Å². The third-order valence-corrected chi connectivity index (χ3v) is 9.34. The van der Waals surface area contributed by atoms with Crippen LogP contribution in [-0.2, 0) is 9.22 Å². The van der Waals surface area contributed by atoms with Crippen molar-refractivity contribution in [1.29, 1.82) is 0 Å². The van der Waals surface area contributed by atoms with Crippen LogP contribution in [-0.4, -0.2) is 25.9 Å². The molecule has 0 aromatic heterocycles. The Balaban J connectivity index is 3.22. The van der Waals surface area contributed by atoms with E-state index in [0.717, 1.165) is 81.0 Å². The van der Waals surface area contributed by atoms with Crippen LogP contribution in [0.25, 0.3) is 0 Å². The zero-order valence-corrected chi connectivity index (χ0v) is 16.6. The summed E-state index contributed by atoms with van der Waals surface area (Å²) in [5.41, 5.74) is -2.44. The Morgan fingerprint density at radius 3 is 1.64 bits per heavy atom. The van der Waals surface area contributed by atoms with Gasteiger partial charge in [0.1, 0.15) is 0 Å². The van der Waals surface area contributed by atoms with Gasteiger partial charge < -0.3 is 4.43 Å². The van der Waals surface area contributed by atoms with Crippen LogP contribution in [0.15, 0.2) is 24.3 Å². The fourth-order valence-corrected chi connectivity index (χ4v) is 8.24. The molecule has 0 heterocycles. The van der Waals surface area contributed by atoms with Gasteiger partial charge in [-0.25, -0.2) is 0 Å². The van der Waals surface area contributed by atoms with Crippen LogP contribution in [0.2, 0.25) is 18.1 Å². The number of hydrogen-bond acceptors (Lipinski definition) is 2. The standard InChI is InChI=1S/C19H31F3O2Si/c1-4-7-14-25(15-8-5-2,16-9-6-3)24-18(19(20,21)22)12-10-17(23)11-13-18/h10-13H,4-9,14-16H2,1-3H3. The van der Waals surface area contributed by atoms with Crippen molar-refractivity contribution in [3.05, 3.63) is 24.3 Å². The number of carbonyl (C=O) groups is 1. The molecule has 0 saturated carbocycles. The molecule has 0 atom stereocenters. The lowest BCUT2D eigenvalue weighted by molar-refractivity contribution is -0.214. The Labute approximate surface area is 150 Å². The molecule has 0 aromatic carbocycles. The summed E-state index contributed by atoms with van der Waals surface area (Å²) in [5.74, 6) is -0.425. The molecule has 0 bridgehead atoms. The van der Waals surface area contributed by atoms with Gasteiger partial charge in [-0.15, -0.1) is 0 Å². The largest absolute Gasteiger partial charge is 0.423 e. The van der Waals surface area contributed by atoms with Crippen LogP contribution in [0.5, 0.6) is 0 Å². The van der Waals surface area contributed by atoms with Gasteiger partial charge in [-0.1, -0.05) is 59.3 Å². The van der Waals surface area contributed by atoms with E-state index in [1.165, 1.54) is 0 Å². The Bertz CT molecular complexity index is 446. The smallest absolute Gasteiger partial charge is 0.397 e. The number of halogens is 3. The van der Waals surface area contributed by atoms with E-state index in [1.807, 2.05) is 0 Å². The zero-order chi connectivity index (χ0) is 19.0. The second-order valence-electron chi connectivity index (χ2n) is 6.96. The van der Waals surface area contributed by atoms with Crippen molar-refractivity contribution in [2.45, 2.75) is 89.2 Å². The SMILES string of the molecule is CCCC[Si](CCCC)(CCCC)OC1(C(F)(F)F)C=CC(=O)C=C1. The lowest BCUT2D eigenvalue weighted by Crippen LogP contribution is -2.54. The molecule has 0 saturated heterocycles. The average Bonchev–Trinajstić information content (AvgIpc) is 2.57. The molecule has 1 aliphatic rings. The van der Waals surface area contributed by atoms with E-state index in [-0.39, 0.29) is 0 Å². The molecule has 1 aliphatic carbocycles. The number of hydrogen-bond donors (Lipinski definition) is 0. The Morgan fingerprint density at radius 2 is 1.32 bits per heavy atom. The summed E-state index contributed by atoms with van der Waals surface area (Å²) in [7, 11) is -2.58. The van der Waals surface area contributed by atoms with Crippen molar-refractivity contribution >= 4 is 14.1 Å². The van der Waals surface area contributed by atoms with Gasteiger partial charge in [0.05, 0.1) is 0 Å². The van der Waals surface area contributed by atoms with Gasteiger partial charge in [-0.3, -0.25) is 4.79 Å². The monoisotopic (exact) mass is 376 g/mol. The van der Waals surface area contributed by atoms with Crippen LogP contribution in [0.4, 0.5) is 13.2 Å². The van der Waals surface area contributed by atoms with Gasteiger partial charge in [0, 0.05) is 0 Å². The molecule has 144 valence electrons. The van der Waals surface area contributed by atoms with Gasteiger partial charge in [0.15, 0.2) is 19.7 Å². The van der Waals surface area contributed by atoms with Crippen LogP contribution >= 0.6 is 0 Å². The minimum Gasteiger partial charge on any atom is -0.397 e. The van der Waals surface area contributed by atoms with E-state index < -0.39 is 25.9 Å². The summed E-state index contributed by atoms with van der Waals surface area (Å²) in [6.07, 6.45) is 4.75. The van der Waals surface area contributed by atoms with Crippen LogP contribution < -0.4 is 0 Å². The third kappa shape index (κ3) is 6.10. The van der Waals surface area contributed by atoms with Crippen molar-refractivity contribution in [1.82, 2.24) is 0 Å². The summed E-state index contributed by atoms with van der Waals surface area (Å²) in [6.45, 7) is 6.16. The summed E-state index contributed by atoms with van der Waals surface area (Å²) in [6, 6.07) is 2.24. The molecule has 25 heavy (non-hydrogen) atoms. The number of alkyl halides is 3. The molecule has 0 N–H and O–H groups in total. The first-order chi connectivity index (χ1) is 11.7. The molecule has 0 spiro atoms. The van der Waals surface area contributed by atoms with Gasteiger partial charge >= 0.3 is 6.18 Å². The maximum atomic E-state index is 13.9. The van der Waals surface area contributed by atoms with Crippen LogP contribution in [0.1, 0.15) is 59.3 Å². The minimum atomic E-state index is -4.57. The van der Waals surface area contributed by atoms with Crippen LogP contribution in [0, 0.1) is 0 Å². The molecule has 0 amide bonds. The van der Waals surface area contributed by atoms with Gasteiger partial charge in [-0.2, -0.15) is 13.2 Å². The fourth-order valence-electron chi connectivity index (χ4n) is 3.22. The zero-order valence-electron chi connectivity index (χ0n) is 15.6. The second kappa shape index (κ2) is 9.71. The second-order valence-corrected chi connectivity index (χ2v) is 11.0. The van der Waals surface area contributed by atoms with Crippen molar-refractivity contribution in [2.24, 2.45) is 0 Å². The average molecular weight is 377 g/mol. The fraction of sp³-hybridized carbons (Fsp3) is 0.737. The minimum absolute atomic E-state index is 0.425. The highest BCUT2D eigenvalue weighted by molar-refractivity contribution is 6.74. The number of carbonyl (C=O) groups excluding carboxylic acids is 1. The molecule has 0 fully saturated rings. The van der Waals surface area contributed by atoms with E-state index in [1.54, 1.807) is 0 Å². The first-order valence-corrected chi connectivity index (χ1v) is 12.0. The molecule has 6 heteroatoms. The molecule has 0 aliphatic heterocycles. The first kappa shape index (κ1) is 22.2. The topological polar surface area (TPSA) is 26.3 Å². The highest BCUT2D eigenvalue weighted by Gasteiger charge is 2.57. The molecule has 0 unspecified atom stereocenters. The molecule has 0 radical (unpaired) electrons. The van der Waals surface area contributed by atoms with E-state index in [2.05, 4.69) is 20.8 Å². The Hall–Kier alpha value is -0.883. The highest BCUT2D eigenvalue weighted by Crippen LogP contribution is 2.43. The number of rotatable bonds is 11. The molecular formula is C19H31F3O2Si. The first-order valence-electron chi connectivity index (χ1n) is 9.43. The van der Waals surface area contributed by atoms with E-state index in [0.29, 0.717) is 0 Å². The maximum absolute atomic E-state index is 13.9. The summed E-state index contributed by atoms with van der Waals surface area (Å²) >= 11 is 0. The summed E-state index contributed by atoms with van der Waals surface area (Å²) in [4.78, 5) is 11.4. The Kier molecular flexibility index (Phi) is 8.61. The van der Waals surface area contributed by atoms with Crippen molar-refractivity contribution < 1.29 is 22.4 Å². The lowest BCUT2D eigenvalue weighted by Gasteiger charge is -2.42. The van der Waals surface area contributed by atoms with E-state index in [4.69, 9.17) is 4.43 Å². The quantitative estimate of drug-likeness (QED) is 0.393. The Morgan fingerprint density at radius 1 is 0.920 bits per heavy atom. The molecule has 2 nitrogen and oxygen atoms in total. The summed E-state index contributed by atoms with van der Waals surface area (Å²) < 4.78 is 47.8. The van der Waals surface area contributed by atoms with Crippen molar-refractivity contribution in [2.75, 3.05) is 0 Å². The third-order valence-electron chi connectivity index (χ3n) is 4.78. The number of allylic oxidation sites excluding steroid dienone is 2. The molecule has 1 rings (SSSR count). The predicted octanol–water partition coefficient (Wildman–Crippen LogP) is 6.35. The van der Waals surface area contributed by atoms with Crippen molar-refractivity contribution in [3.8, 4) is 0 Å².